The Labute approximate surface area is 132 Å². The number of hydrogen-bond acceptors (Lipinski definition) is 5. The number of hydrogen-bond donors (Lipinski definition) is 2. The molecule has 2 heterocycles. The highest BCUT2D eigenvalue weighted by atomic mass is 16.4. The molecule has 0 bridgehead atoms. The van der Waals surface area contributed by atoms with E-state index >= 15 is 0 Å². The standard InChI is InChI=1S/C16H15N3O4/c1-10-13(19-15(23-10)11-5-3-2-4-6-11)7-12-9-22-14(18-12)8-17-16(20)21/h2-6,9,17H,7-8H2,1H3,(H,20,21). The summed E-state index contributed by atoms with van der Waals surface area (Å²) in [4.78, 5) is 19.2. The predicted octanol–water partition coefficient (Wildman–Crippen LogP) is 3.00. The van der Waals surface area contributed by atoms with Gasteiger partial charge in [-0.25, -0.2) is 14.8 Å². The first-order valence-electron chi connectivity index (χ1n) is 7.03. The van der Waals surface area contributed by atoms with Crippen molar-refractivity contribution in [3.05, 3.63) is 59.6 Å². The van der Waals surface area contributed by atoms with Gasteiger partial charge in [0.15, 0.2) is 0 Å². The van der Waals surface area contributed by atoms with Gasteiger partial charge in [-0.1, -0.05) is 18.2 Å². The van der Waals surface area contributed by atoms with Crippen LogP contribution in [0.2, 0.25) is 0 Å². The van der Waals surface area contributed by atoms with Crippen molar-refractivity contribution in [2.24, 2.45) is 0 Å². The number of aromatic nitrogens is 2. The van der Waals surface area contributed by atoms with Crippen molar-refractivity contribution in [2.75, 3.05) is 0 Å². The summed E-state index contributed by atoms with van der Waals surface area (Å²) in [5.41, 5.74) is 2.35. The number of nitrogens with one attached hydrogen (secondary N) is 1. The number of benzene rings is 1. The van der Waals surface area contributed by atoms with E-state index in [9.17, 15) is 4.79 Å². The smallest absolute Gasteiger partial charge is 0.405 e. The van der Waals surface area contributed by atoms with Gasteiger partial charge in [0, 0.05) is 12.0 Å². The molecule has 0 saturated carbocycles. The fourth-order valence-corrected chi connectivity index (χ4v) is 2.13. The molecule has 0 atom stereocenters. The maximum Gasteiger partial charge on any atom is 0.405 e. The van der Waals surface area contributed by atoms with Crippen LogP contribution in [0.1, 0.15) is 23.0 Å². The lowest BCUT2D eigenvalue weighted by Crippen LogP contribution is -2.20. The fraction of sp³-hybridized carbons (Fsp3) is 0.188. The number of carbonyl (C=O) groups is 1. The van der Waals surface area contributed by atoms with Crippen LogP contribution < -0.4 is 5.32 Å². The highest BCUT2D eigenvalue weighted by molar-refractivity contribution is 5.64. The number of carboxylic acid groups (broad SMARTS) is 1. The molecule has 0 radical (unpaired) electrons. The summed E-state index contributed by atoms with van der Waals surface area (Å²) in [7, 11) is 0. The molecule has 23 heavy (non-hydrogen) atoms. The maximum absolute atomic E-state index is 10.4. The second kappa shape index (κ2) is 6.35. The van der Waals surface area contributed by atoms with E-state index in [2.05, 4.69) is 15.3 Å². The first-order chi connectivity index (χ1) is 11.1. The van der Waals surface area contributed by atoms with Gasteiger partial charge in [0.2, 0.25) is 11.8 Å². The molecular formula is C16H15N3O4. The van der Waals surface area contributed by atoms with Crippen LogP contribution >= 0.6 is 0 Å². The summed E-state index contributed by atoms with van der Waals surface area (Å²) in [6.45, 7) is 1.88. The van der Waals surface area contributed by atoms with E-state index in [4.69, 9.17) is 13.9 Å². The van der Waals surface area contributed by atoms with E-state index in [-0.39, 0.29) is 6.54 Å². The van der Waals surface area contributed by atoms with E-state index in [1.165, 1.54) is 6.26 Å². The van der Waals surface area contributed by atoms with Crippen molar-refractivity contribution < 1.29 is 18.7 Å². The van der Waals surface area contributed by atoms with Crippen LogP contribution in [0.5, 0.6) is 0 Å². The van der Waals surface area contributed by atoms with Gasteiger partial charge >= 0.3 is 6.09 Å². The molecular weight excluding hydrogens is 298 g/mol. The van der Waals surface area contributed by atoms with Gasteiger partial charge in [-0.05, 0) is 19.1 Å². The zero-order valence-corrected chi connectivity index (χ0v) is 12.4. The molecule has 3 aromatic rings. The normalized spacial score (nSPS) is 10.7. The molecule has 0 fully saturated rings. The molecule has 7 heteroatoms. The van der Waals surface area contributed by atoms with E-state index in [0.717, 1.165) is 17.0 Å². The Morgan fingerprint density at radius 1 is 1.26 bits per heavy atom. The Morgan fingerprint density at radius 3 is 2.78 bits per heavy atom. The number of nitrogens with zero attached hydrogens (tertiary/aromatic N) is 2. The first kappa shape index (κ1) is 14.8. The Bertz CT molecular complexity index is 808. The number of amides is 1. The molecule has 0 aliphatic rings. The zero-order valence-electron chi connectivity index (χ0n) is 12.4. The maximum atomic E-state index is 10.4. The lowest BCUT2D eigenvalue weighted by atomic mass is 10.2. The van der Waals surface area contributed by atoms with Gasteiger partial charge in [-0.3, -0.25) is 0 Å². The van der Waals surface area contributed by atoms with Gasteiger partial charge in [-0.15, -0.1) is 0 Å². The van der Waals surface area contributed by atoms with Gasteiger partial charge in [0.05, 0.1) is 17.9 Å². The van der Waals surface area contributed by atoms with E-state index in [1.807, 2.05) is 37.3 Å². The van der Waals surface area contributed by atoms with Crippen molar-refractivity contribution in [3.8, 4) is 11.5 Å². The summed E-state index contributed by atoms with van der Waals surface area (Å²) in [6, 6.07) is 9.64. The molecule has 0 saturated heterocycles. The molecule has 1 amide bonds. The van der Waals surface area contributed by atoms with Crippen LogP contribution in [-0.4, -0.2) is 21.2 Å². The Hall–Kier alpha value is -3.09. The number of aryl methyl sites for hydroxylation is 1. The van der Waals surface area contributed by atoms with E-state index in [1.54, 1.807) is 0 Å². The number of oxazole rings is 2. The molecule has 7 nitrogen and oxygen atoms in total. The average Bonchev–Trinajstić information content (AvgIpc) is 3.14. The molecule has 118 valence electrons. The van der Waals surface area contributed by atoms with Crippen LogP contribution in [-0.2, 0) is 13.0 Å². The lowest BCUT2D eigenvalue weighted by molar-refractivity contribution is 0.192. The summed E-state index contributed by atoms with van der Waals surface area (Å²) in [5, 5.41) is 10.8. The van der Waals surface area contributed by atoms with Crippen LogP contribution in [0.4, 0.5) is 4.79 Å². The van der Waals surface area contributed by atoms with Crippen molar-refractivity contribution in [2.45, 2.75) is 19.9 Å². The SMILES string of the molecule is Cc1oc(-c2ccccc2)nc1Cc1coc(CNC(=O)O)n1. The third-order valence-corrected chi connectivity index (χ3v) is 3.25. The van der Waals surface area contributed by atoms with Gasteiger partial charge in [0.1, 0.15) is 12.0 Å². The first-order valence-corrected chi connectivity index (χ1v) is 7.03. The second-order valence-corrected chi connectivity index (χ2v) is 4.96. The van der Waals surface area contributed by atoms with Crippen LogP contribution in [0.25, 0.3) is 11.5 Å². The van der Waals surface area contributed by atoms with E-state index in [0.29, 0.717) is 23.9 Å². The summed E-state index contributed by atoms with van der Waals surface area (Å²) in [6.07, 6.45) is 0.832. The summed E-state index contributed by atoms with van der Waals surface area (Å²) >= 11 is 0. The molecule has 0 spiro atoms. The Morgan fingerprint density at radius 2 is 2.04 bits per heavy atom. The molecule has 0 unspecified atom stereocenters. The number of rotatable bonds is 5. The molecule has 0 aliphatic carbocycles. The van der Waals surface area contributed by atoms with Crippen LogP contribution in [0.15, 0.2) is 45.4 Å². The highest BCUT2D eigenvalue weighted by Gasteiger charge is 2.14. The van der Waals surface area contributed by atoms with Gasteiger partial charge in [0.25, 0.3) is 0 Å². The molecule has 2 aromatic heterocycles. The molecule has 3 rings (SSSR count). The van der Waals surface area contributed by atoms with Gasteiger partial charge < -0.3 is 19.3 Å². The molecule has 0 aliphatic heterocycles. The van der Waals surface area contributed by atoms with Crippen molar-refractivity contribution in [1.29, 1.82) is 0 Å². The van der Waals surface area contributed by atoms with Gasteiger partial charge in [-0.2, -0.15) is 0 Å². The quantitative estimate of drug-likeness (QED) is 0.751. The summed E-state index contributed by atoms with van der Waals surface area (Å²) in [5.74, 6) is 1.60. The molecule has 1 aromatic carbocycles. The largest absolute Gasteiger partial charge is 0.465 e. The summed E-state index contributed by atoms with van der Waals surface area (Å²) < 4.78 is 10.9. The Kier molecular flexibility index (Phi) is 4.09. The van der Waals surface area contributed by atoms with Crippen LogP contribution in [0.3, 0.4) is 0 Å². The highest BCUT2D eigenvalue weighted by Crippen LogP contribution is 2.22. The van der Waals surface area contributed by atoms with Crippen molar-refractivity contribution >= 4 is 6.09 Å². The zero-order chi connectivity index (χ0) is 16.2. The minimum atomic E-state index is -1.12. The minimum Gasteiger partial charge on any atom is -0.465 e. The van der Waals surface area contributed by atoms with E-state index < -0.39 is 6.09 Å². The molecule has 2 N–H and O–H groups in total. The third-order valence-electron chi connectivity index (χ3n) is 3.25. The third kappa shape index (κ3) is 3.57. The predicted molar refractivity (Wildman–Crippen MR) is 80.8 cm³/mol. The minimum absolute atomic E-state index is 0.0302. The lowest BCUT2D eigenvalue weighted by Gasteiger charge is -1.94. The van der Waals surface area contributed by atoms with Crippen molar-refractivity contribution in [1.82, 2.24) is 15.3 Å². The topological polar surface area (TPSA) is 101 Å². The van der Waals surface area contributed by atoms with Crippen molar-refractivity contribution in [3.63, 3.8) is 0 Å². The van der Waals surface area contributed by atoms with Crippen LogP contribution in [0, 0.1) is 6.92 Å². The second-order valence-electron chi connectivity index (χ2n) is 4.96. The average molecular weight is 313 g/mol. The monoisotopic (exact) mass is 313 g/mol. The fourth-order valence-electron chi connectivity index (χ4n) is 2.13. The Balaban J connectivity index is 1.73.